The zero-order valence-corrected chi connectivity index (χ0v) is 13.6. The molecule has 0 aromatic carbocycles. The molecular weight excluding hydrogens is 266 g/mol. The molecule has 1 aromatic rings. The van der Waals surface area contributed by atoms with Crippen molar-refractivity contribution in [2.24, 2.45) is 0 Å². The first kappa shape index (κ1) is 15.5. The number of nitrogens with one attached hydrogen (secondary N) is 1. The highest BCUT2D eigenvalue weighted by Crippen LogP contribution is 2.28. The van der Waals surface area contributed by atoms with Crippen molar-refractivity contribution in [2.75, 3.05) is 36.9 Å². The minimum atomic E-state index is -0.587. The van der Waals surface area contributed by atoms with E-state index in [1.54, 1.807) is 4.90 Å². The molecule has 0 aliphatic carbocycles. The molecule has 21 heavy (non-hydrogen) atoms. The van der Waals surface area contributed by atoms with Gasteiger partial charge in [-0.15, -0.1) is 0 Å². The maximum Gasteiger partial charge on any atom is 0.247 e. The van der Waals surface area contributed by atoms with Gasteiger partial charge in [-0.05, 0) is 27.2 Å². The van der Waals surface area contributed by atoms with E-state index in [0.29, 0.717) is 12.4 Å². The van der Waals surface area contributed by atoms with Crippen LogP contribution in [0.2, 0.25) is 0 Å². The molecule has 116 valence electrons. The van der Waals surface area contributed by atoms with Crippen LogP contribution in [0.15, 0.2) is 6.07 Å². The van der Waals surface area contributed by atoms with Gasteiger partial charge in [0.15, 0.2) is 0 Å². The Morgan fingerprint density at radius 1 is 1.33 bits per heavy atom. The number of aromatic nitrogens is 2. The monoisotopic (exact) mass is 291 g/mol. The predicted molar refractivity (Wildman–Crippen MR) is 84.6 cm³/mol. The van der Waals surface area contributed by atoms with E-state index in [0.717, 1.165) is 31.1 Å². The molecule has 1 aliphatic rings. The van der Waals surface area contributed by atoms with Gasteiger partial charge < -0.3 is 15.1 Å². The van der Waals surface area contributed by atoms with Crippen LogP contribution < -0.4 is 10.2 Å². The first-order valence-corrected chi connectivity index (χ1v) is 7.49. The van der Waals surface area contributed by atoms with Crippen LogP contribution in [0.25, 0.3) is 0 Å². The average Bonchev–Trinajstić information content (AvgIpc) is 2.42. The Hall–Kier alpha value is -1.85. The molecule has 6 heteroatoms. The summed E-state index contributed by atoms with van der Waals surface area (Å²) in [5.41, 5.74) is -0.587. The summed E-state index contributed by atoms with van der Waals surface area (Å²) in [6.07, 6.45) is 1.04. The minimum absolute atomic E-state index is 0.119. The largest absolute Gasteiger partial charge is 0.370 e. The van der Waals surface area contributed by atoms with Crippen molar-refractivity contribution >= 4 is 17.5 Å². The van der Waals surface area contributed by atoms with Crippen LogP contribution in [0, 0.1) is 6.92 Å². The van der Waals surface area contributed by atoms with E-state index in [2.05, 4.69) is 27.1 Å². The lowest BCUT2D eigenvalue weighted by molar-refractivity contribution is -0.136. The van der Waals surface area contributed by atoms with E-state index in [-0.39, 0.29) is 5.91 Å². The van der Waals surface area contributed by atoms with Gasteiger partial charge in [-0.25, -0.2) is 9.97 Å². The highest BCUT2D eigenvalue weighted by Gasteiger charge is 2.41. The lowest BCUT2D eigenvalue weighted by Crippen LogP contribution is -2.62. The van der Waals surface area contributed by atoms with Gasteiger partial charge >= 0.3 is 0 Å². The fourth-order valence-electron chi connectivity index (χ4n) is 2.65. The molecule has 0 radical (unpaired) electrons. The van der Waals surface area contributed by atoms with Crippen molar-refractivity contribution in [1.82, 2.24) is 14.9 Å². The van der Waals surface area contributed by atoms with Crippen LogP contribution in [-0.2, 0) is 4.79 Å². The van der Waals surface area contributed by atoms with E-state index >= 15 is 0 Å². The van der Waals surface area contributed by atoms with Gasteiger partial charge in [0.1, 0.15) is 23.0 Å². The number of aryl methyl sites for hydroxylation is 1. The van der Waals surface area contributed by atoms with Crippen molar-refractivity contribution in [3.8, 4) is 0 Å². The first-order chi connectivity index (χ1) is 9.86. The molecule has 0 bridgehead atoms. The Morgan fingerprint density at radius 2 is 2.05 bits per heavy atom. The smallest absolute Gasteiger partial charge is 0.247 e. The van der Waals surface area contributed by atoms with E-state index < -0.39 is 5.54 Å². The van der Waals surface area contributed by atoms with Crippen molar-refractivity contribution in [3.05, 3.63) is 11.9 Å². The molecule has 0 spiro atoms. The zero-order valence-electron chi connectivity index (χ0n) is 13.6. The zero-order chi connectivity index (χ0) is 15.6. The van der Waals surface area contributed by atoms with Crippen LogP contribution in [0.3, 0.4) is 0 Å². The van der Waals surface area contributed by atoms with Gasteiger partial charge in [-0.2, -0.15) is 0 Å². The van der Waals surface area contributed by atoms with Gasteiger partial charge in [0.05, 0.1) is 0 Å². The second-order valence-electron chi connectivity index (χ2n) is 6.02. The molecular formula is C15H25N5O. The number of rotatable bonds is 4. The maximum atomic E-state index is 12.4. The number of piperazine rings is 1. The van der Waals surface area contributed by atoms with E-state index in [4.69, 9.17) is 0 Å². The Balaban J connectivity index is 2.32. The van der Waals surface area contributed by atoms with Gasteiger partial charge in [-0.1, -0.05) is 6.92 Å². The van der Waals surface area contributed by atoms with Crippen molar-refractivity contribution in [3.63, 3.8) is 0 Å². The van der Waals surface area contributed by atoms with Gasteiger partial charge in [0, 0.05) is 32.7 Å². The second-order valence-corrected chi connectivity index (χ2v) is 6.02. The summed E-state index contributed by atoms with van der Waals surface area (Å²) in [6.45, 7) is 10.3. The number of amides is 1. The highest BCUT2D eigenvalue weighted by molar-refractivity contribution is 5.90. The van der Waals surface area contributed by atoms with Crippen molar-refractivity contribution < 1.29 is 4.79 Å². The Kier molecular flexibility index (Phi) is 4.34. The van der Waals surface area contributed by atoms with Crippen LogP contribution in [0.1, 0.15) is 33.0 Å². The summed E-state index contributed by atoms with van der Waals surface area (Å²) in [5.74, 6) is 2.47. The number of carbonyl (C=O) groups is 1. The van der Waals surface area contributed by atoms with Crippen LogP contribution in [0.5, 0.6) is 0 Å². The van der Waals surface area contributed by atoms with Gasteiger partial charge in [0.25, 0.3) is 0 Å². The molecule has 1 saturated heterocycles. The normalized spacial score (nSPS) is 18.0. The molecule has 2 rings (SSSR count). The molecule has 1 amide bonds. The predicted octanol–water partition coefficient (Wildman–Crippen LogP) is 1.66. The number of hydrogen-bond acceptors (Lipinski definition) is 5. The molecule has 1 aliphatic heterocycles. The summed E-state index contributed by atoms with van der Waals surface area (Å²) < 4.78 is 0. The quantitative estimate of drug-likeness (QED) is 0.914. The van der Waals surface area contributed by atoms with E-state index in [1.807, 2.05) is 33.9 Å². The van der Waals surface area contributed by atoms with E-state index in [9.17, 15) is 4.79 Å². The van der Waals surface area contributed by atoms with Crippen LogP contribution >= 0.6 is 0 Å². The summed E-state index contributed by atoms with van der Waals surface area (Å²) in [5, 5.41) is 3.29. The summed E-state index contributed by atoms with van der Waals surface area (Å²) >= 11 is 0. The van der Waals surface area contributed by atoms with Crippen molar-refractivity contribution in [1.29, 1.82) is 0 Å². The van der Waals surface area contributed by atoms with E-state index in [1.165, 1.54) is 0 Å². The number of anilines is 2. The standard InChI is InChI=1S/C15H25N5O/c1-6-7-16-12-10-13(18-11(2)17-12)20-9-8-19(5)14(21)15(20,3)4/h10H,6-9H2,1-5H3,(H,16,17,18). The highest BCUT2D eigenvalue weighted by atomic mass is 16.2. The first-order valence-electron chi connectivity index (χ1n) is 7.49. The maximum absolute atomic E-state index is 12.4. The SMILES string of the molecule is CCCNc1cc(N2CCN(C)C(=O)C2(C)C)nc(C)n1. The number of likely N-dealkylation sites (N-methyl/N-ethyl adjacent to an activating group) is 1. The fourth-order valence-corrected chi connectivity index (χ4v) is 2.65. The summed E-state index contributed by atoms with van der Waals surface area (Å²) in [7, 11) is 1.85. The molecule has 0 saturated carbocycles. The third kappa shape index (κ3) is 3.09. The number of carbonyl (C=O) groups excluding carboxylic acids is 1. The van der Waals surface area contributed by atoms with Gasteiger partial charge in [0.2, 0.25) is 5.91 Å². The van der Waals surface area contributed by atoms with Crippen LogP contribution in [0.4, 0.5) is 11.6 Å². The van der Waals surface area contributed by atoms with Gasteiger partial charge in [-0.3, -0.25) is 4.79 Å². The van der Waals surface area contributed by atoms with Crippen LogP contribution in [-0.4, -0.2) is 53.0 Å². The molecule has 0 unspecified atom stereocenters. The molecule has 1 aromatic heterocycles. The Labute approximate surface area is 126 Å². The summed E-state index contributed by atoms with van der Waals surface area (Å²) in [6, 6.07) is 1.93. The lowest BCUT2D eigenvalue weighted by atomic mass is 9.98. The molecule has 0 atom stereocenters. The minimum Gasteiger partial charge on any atom is -0.370 e. The molecule has 1 N–H and O–H groups in total. The fraction of sp³-hybridized carbons (Fsp3) is 0.667. The average molecular weight is 291 g/mol. The molecule has 6 nitrogen and oxygen atoms in total. The second kappa shape index (κ2) is 5.87. The Bertz CT molecular complexity index is 529. The number of hydrogen-bond donors (Lipinski definition) is 1. The third-order valence-electron chi connectivity index (χ3n) is 3.86. The van der Waals surface area contributed by atoms with Crippen molar-refractivity contribution in [2.45, 2.75) is 39.7 Å². The Morgan fingerprint density at radius 3 is 2.71 bits per heavy atom. The molecule has 2 heterocycles. The lowest BCUT2D eigenvalue weighted by Gasteiger charge is -2.45. The summed E-state index contributed by atoms with van der Waals surface area (Å²) in [4.78, 5) is 25.2. The third-order valence-corrected chi connectivity index (χ3v) is 3.86. The molecule has 1 fully saturated rings. The number of nitrogens with zero attached hydrogens (tertiary/aromatic N) is 4. The topological polar surface area (TPSA) is 61.4 Å².